The molecule has 1 unspecified atom stereocenters. The lowest BCUT2D eigenvalue weighted by Crippen LogP contribution is -2.47. The number of carbonyl (C=O) groups excluding carboxylic acids is 2. The minimum absolute atomic E-state index is 0.140. The molecule has 3 aromatic rings. The van der Waals surface area contributed by atoms with Crippen molar-refractivity contribution in [2.24, 2.45) is 0 Å². The fourth-order valence-corrected chi connectivity index (χ4v) is 4.62. The first-order valence-electron chi connectivity index (χ1n) is 9.13. The van der Waals surface area contributed by atoms with Gasteiger partial charge in [-0.1, -0.05) is 35.9 Å². The normalized spacial score (nSPS) is 12.0. The number of nitrogens with zero attached hydrogens (tertiary/aromatic N) is 2. The molecule has 1 N–H and O–H groups in total. The van der Waals surface area contributed by atoms with Gasteiger partial charge < -0.3 is 10.2 Å². The molecule has 0 saturated heterocycles. The van der Waals surface area contributed by atoms with E-state index in [1.165, 1.54) is 0 Å². The zero-order valence-electron chi connectivity index (χ0n) is 16.2. The molecule has 152 valence electrons. The maximum absolute atomic E-state index is 13.1. The molecule has 1 heterocycles. The largest absolute Gasteiger partial charge is 0.340 e. The molecule has 0 saturated carbocycles. The molecule has 0 bridgehead atoms. The third-order valence-electron chi connectivity index (χ3n) is 4.42. The molecule has 5 nitrogen and oxygen atoms in total. The van der Waals surface area contributed by atoms with Gasteiger partial charge in [0.05, 0.1) is 27.3 Å². The van der Waals surface area contributed by atoms with E-state index in [1.54, 1.807) is 59.3 Å². The highest BCUT2D eigenvalue weighted by Gasteiger charge is 2.25. The fourth-order valence-electron chi connectivity index (χ4n) is 2.91. The van der Waals surface area contributed by atoms with Crippen molar-refractivity contribution in [3.8, 4) is 0 Å². The van der Waals surface area contributed by atoms with E-state index in [1.807, 2.05) is 30.5 Å². The number of para-hydroxylation sites is 1. The highest BCUT2D eigenvalue weighted by molar-refractivity contribution is 7.98. The Morgan fingerprint density at radius 1 is 1.21 bits per heavy atom. The van der Waals surface area contributed by atoms with Gasteiger partial charge in [0.1, 0.15) is 11.0 Å². The number of thioether (sulfide) groups is 1. The lowest BCUT2D eigenvalue weighted by molar-refractivity contribution is -0.132. The minimum atomic E-state index is -0.620. The third kappa shape index (κ3) is 5.50. The first-order chi connectivity index (χ1) is 14.0. The van der Waals surface area contributed by atoms with Crippen molar-refractivity contribution in [2.75, 3.05) is 19.1 Å². The van der Waals surface area contributed by atoms with Gasteiger partial charge in [-0.25, -0.2) is 4.98 Å². The molecular formula is C21H22ClN3O2S2. The maximum Gasteiger partial charge on any atom is 0.253 e. The molecule has 0 aliphatic carbocycles. The Morgan fingerprint density at radius 3 is 2.66 bits per heavy atom. The number of rotatable bonds is 8. The smallest absolute Gasteiger partial charge is 0.253 e. The molecular weight excluding hydrogens is 426 g/mol. The van der Waals surface area contributed by atoms with Crippen molar-refractivity contribution in [1.82, 2.24) is 15.2 Å². The van der Waals surface area contributed by atoms with E-state index in [-0.39, 0.29) is 11.8 Å². The van der Waals surface area contributed by atoms with Crippen molar-refractivity contribution >= 4 is 56.7 Å². The molecule has 0 spiro atoms. The number of fused-ring (bicyclic) bond motifs is 1. The van der Waals surface area contributed by atoms with Crippen molar-refractivity contribution in [1.29, 1.82) is 0 Å². The molecule has 2 amide bonds. The zero-order chi connectivity index (χ0) is 20.8. The number of aromatic nitrogens is 1. The van der Waals surface area contributed by atoms with Crippen molar-refractivity contribution < 1.29 is 9.59 Å². The lowest BCUT2D eigenvalue weighted by atomic mass is 10.1. The summed E-state index contributed by atoms with van der Waals surface area (Å²) in [6.07, 6.45) is 2.52. The summed E-state index contributed by atoms with van der Waals surface area (Å²) < 4.78 is 1.09. The second-order valence-electron chi connectivity index (χ2n) is 6.56. The van der Waals surface area contributed by atoms with Gasteiger partial charge in [0, 0.05) is 7.05 Å². The van der Waals surface area contributed by atoms with Crippen LogP contribution < -0.4 is 5.32 Å². The summed E-state index contributed by atoms with van der Waals surface area (Å²) in [6, 6.07) is 14.1. The fraction of sp³-hybridized carbons (Fsp3) is 0.286. The van der Waals surface area contributed by atoms with Gasteiger partial charge in [0.2, 0.25) is 5.91 Å². The Bertz CT molecular complexity index is 975. The molecule has 3 rings (SSSR count). The van der Waals surface area contributed by atoms with Gasteiger partial charge >= 0.3 is 0 Å². The SMILES string of the molecule is CSCCC(NC(=O)c1ccccc1Cl)C(=O)N(C)Cc1nc2ccccc2s1. The van der Waals surface area contributed by atoms with Crippen LogP contribution in [-0.4, -0.2) is 46.8 Å². The number of thiazole rings is 1. The molecule has 0 radical (unpaired) electrons. The molecule has 0 aliphatic rings. The number of nitrogens with one attached hydrogen (secondary N) is 1. The Labute approximate surface area is 183 Å². The molecule has 1 aromatic heterocycles. The quantitative estimate of drug-likeness (QED) is 0.553. The van der Waals surface area contributed by atoms with Crippen LogP contribution in [0.2, 0.25) is 5.02 Å². The summed E-state index contributed by atoms with van der Waals surface area (Å²) in [5.74, 6) is 0.274. The van der Waals surface area contributed by atoms with Gasteiger partial charge in [-0.05, 0) is 42.7 Å². The van der Waals surface area contributed by atoms with E-state index in [0.29, 0.717) is 23.6 Å². The van der Waals surface area contributed by atoms with Crippen molar-refractivity contribution in [3.05, 3.63) is 64.1 Å². The monoisotopic (exact) mass is 447 g/mol. The predicted molar refractivity (Wildman–Crippen MR) is 122 cm³/mol. The van der Waals surface area contributed by atoms with Crippen LogP contribution in [0.1, 0.15) is 21.8 Å². The first-order valence-corrected chi connectivity index (χ1v) is 11.7. The van der Waals surface area contributed by atoms with Gasteiger partial charge in [-0.15, -0.1) is 11.3 Å². The Kier molecular flexibility index (Phi) is 7.52. The summed E-state index contributed by atoms with van der Waals surface area (Å²) in [7, 11) is 1.74. The van der Waals surface area contributed by atoms with Crippen LogP contribution >= 0.6 is 34.7 Å². The minimum Gasteiger partial charge on any atom is -0.340 e. The van der Waals surface area contributed by atoms with Crippen LogP contribution in [0.5, 0.6) is 0 Å². The van der Waals surface area contributed by atoms with Crippen LogP contribution in [0.25, 0.3) is 10.2 Å². The summed E-state index contributed by atoms with van der Waals surface area (Å²) in [5, 5.41) is 4.09. The second kappa shape index (κ2) is 10.1. The van der Waals surface area contributed by atoms with Gasteiger partial charge in [-0.2, -0.15) is 11.8 Å². The standard InChI is InChI=1S/C21H22ClN3O2S2/c1-25(13-19-23-16-9-5-6-10-18(16)29-19)21(27)17(11-12-28-2)24-20(26)14-7-3-4-8-15(14)22/h3-10,17H,11-13H2,1-2H3,(H,24,26). The number of amides is 2. The van der Waals surface area contributed by atoms with E-state index in [4.69, 9.17) is 11.6 Å². The number of likely N-dealkylation sites (N-methyl/N-ethyl adjacent to an activating group) is 1. The van der Waals surface area contributed by atoms with Crippen LogP contribution in [0.15, 0.2) is 48.5 Å². The van der Waals surface area contributed by atoms with Crippen molar-refractivity contribution in [2.45, 2.75) is 19.0 Å². The van der Waals surface area contributed by atoms with Crippen LogP contribution in [0, 0.1) is 0 Å². The van der Waals surface area contributed by atoms with Crippen molar-refractivity contribution in [3.63, 3.8) is 0 Å². The highest BCUT2D eigenvalue weighted by atomic mass is 35.5. The Balaban J connectivity index is 1.71. The van der Waals surface area contributed by atoms with Gasteiger partial charge in [-0.3, -0.25) is 9.59 Å². The number of benzene rings is 2. The summed E-state index contributed by atoms with van der Waals surface area (Å²) in [5.41, 5.74) is 1.30. The highest BCUT2D eigenvalue weighted by Crippen LogP contribution is 2.23. The average Bonchev–Trinajstić information content (AvgIpc) is 3.12. The predicted octanol–water partition coefficient (Wildman–Crippen LogP) is 4.46. The number of carbonyl (C=O) groups is 2. The van der Waals surface area contributed by atoms with Gasteiger partial charge in [0.15, 0.2) is 0 Å². The number of halogens is 1. The average molecular weight is 448 g/mol. The Morgan fingerprint density at radius 2 is 1.93 bits per heavy atom. The Hall–Kier alpha value is -2.09. The second-order valence-corrected chi connectivity index (χ2v) is 9.06. The van der Waals surface area contributed by atoms with Crippen LogP contribution in [0.4, 0.5) is 0 Å². The third-order valence-corrected chi connectivity index (χ3v) is 6.41. The summed E-state index contributed by atoms with van der Waals surface area (Å²) in [6.45, 7) is 0.399. The maximum atomic E-state index is 13.1. The summed E-state index contributed by atoms with van der Waals surface area (Å²) >= 11 is 9.33. The number of hydrogen-bond acceptors (Lipinski definition) is 5. The molecule has 0 fully saturated rings. The van der Waals surface area contributed by atoms with Crippen LogP contribution in [0.3, 0.4) is 0 Å². The molecule has 0 aliphatic heterocycles. The summed E-state index contributed by atoms with van der Waals surface area (Å²) in [4.78, 5) is 31.9. The van der Waals surface area contributed by atoms with E-state index in [2.05, 4.69) is 10.3 Å². The molecule has 2 aromatic carbocycles. The van der Waals surface area contributed by atoms with E-state index in [0.717, 1.165) is 21.0 Å². The lowest BCUT2D eigenvalue weighted by Gasteiger charge is -2.24. The van der Waals surface area contributed by atoms with Crippen LogP contribution in [-0.2, 0) is 11.3 Å². The van der Waals surface area contributed by atoms with Gasteiger partial charge in [0.25, 0.3) is 5.91 Å². The first kappa shape index (κ1) is 21.6. The topological polar surface area (TPSA) is 62.3 Å². The molecule has 1 atom stereocenters. The number of hydrogen-bond donors (Lipinski definition) is 1. The zero-order valence-corrected chi connectivity index (χ0v) is 18.6. The van der Waals surface area contributed by atoms with E-state index in [9.17, 15) is 9.59 Å². The molecule has 8 heteroatoms. The van der Waals surface area contributed by atoms with E-state index < -0.39 is 6.04 Å². The van der Waals surface area contributed by atoms with E-state index >= 15 is 0 Å². The molecule has 29 heavy (non-hydrogen) atoms.